The lowest BCUT2D eigenvalue weighted by molar-refractivity contribution is -0.129. The molecule has 1 aliphatic heterocycles. The van der Waals surface area contributed by atoms with Gasteiger partial charge in [0.25, 0.3) is 0 Å². The van der Waals surface area contributed by atoms with Crippen LogP contribution < -0.4 is 15.0 Å². The van der Waals surface area contributed by atoms with Crippen molar-refractivity contribution in [2.75, 3.05) is 43.4 Å². The minimum atomic E-state index is -0.0986. The van der Waals surface area contributed by atoms with Crippen molar-refractivity contribution in [2.24, 2.45) is 0 Å². The number of para-hydroxylation sites is 1. The molecular formula is C18H22ClN5O2. The summed E-state index contributed by atoms with van der Waals surface area (Å²) >= 11 is 6.11. The van der Waals surface area contributed by atoms with Crippen LogP contribution in [0.5, 0.6) is 5.75 Å². The van der Waals surface area contributed by atoms with E-state index < -0.39 is 0 Å². The molecule has 1 aliphatic rings. The van der Waals surface area contributed by atoms with Crippen molar-refractivity contribution in [2.45, 2.75) is 13.0 Å². The van der Waals surface area contributed by atoms with Gasteiger partial charge in [-0.1, -0.05) is 23.7 Å². The van der Waals surface area contributed by atoms with Gasteiger partial charge in [-0.25, -0.2) is 9.97 Å². The SMILES string of the molecule is CC(CNc1cc(N2CCN(C)C(=O)C2)ncn1)Oc1ccccc1Cl. The molecule has 26 heavy (non-hydrogen) atoms. The first kappa shape index (κ1) is 18.3. The molecule has 2 aromatic rings. The van der Waals surface area contributed by atoms with Crippen LogP contribution in [0.4, 0.5) is 11.6 Å². The molecule has 7 nitrogen and oxygen atoms in total. The second kappa shape index (κ2) is 8.23. The molecule has 1 saturated heterocycles. The number of rotatable bonds is 6. The molecule has 1 unspecified atom stereocenters. The molecule has 138 valence electrons. The number of benzene rings is 1. The Morgan fingerprint density at radius 1 is 1.31 bits per heavy atom. The zero-order valence-corrected chi connectivity index (χ0v) is 15.6. The summed E-state index contributed by atoms with van der Waals surface area (Å²) in [6, 6.07) is 9.23. The molecule has 0 saturated carbocycles. The standard InChI is InChI=1S/C18H22ClN5O2/c1-13(26-15-6-4-3-5-14(15)19)10-20-16-9-17(22-12-21-16)24-8-7-23(2)18(25)11-24/h3-6,9,12-13H,7-8,10-11H2,1-2H3,(H,20,21,22). The van der Waals surface area contributed by atoms with E-state index in [0.717, 1.165) is 12.4 Å². The minimum absolute atomic E-state index is 0.0890. The number of hydrogen-bond donors (Lipinski definition) is 1. The van der Waals surface area contributed by atoms with E-state index in [1.807, 2.05) is 43.1 Å². The zero-order chi connectivity index (χ0) is 18.5. The van der Waals surface area contributed by atoms with Crippen LogP contribution in [0.15, 0.2) is 36.7 Å². The van der Waals surface area contributed by atoms with Crippen LogP contribution in [-0.4, -0.2) is 60.1 Å². The lowest BCUT2D eigenvalue weighted by Gasteiger charge is -2.32. The van der Waals surface area contributed by atoms with E-state index in [1.165, 1.54) is 6.33 Å². The van der Waals surface area contributed by atoms with Gasteiger partial charge < -0.3 is 19.9 Å². The third-order valence-electron chi connectivity index (χ3n) is 4.17. The van der Waals surface area contributed by atoms with Crippen molar-refractivity contribution < 1.29 is 9.53 Å². The molecule has 0 radical (unpaired) electrons. The van der Waals surface area contributed by atoms with E-state index in [2.05, 4.69) is 15.3 Å². The number of piperazine rings is 1. The number of likely N-dealkylation sites (N-methyl/N-ethyl adjacent to an activating group) is 1. The summed E-state index contributed by atoms with van der Waals surface area (Å²) in [5, 5.41) is 3.83. The largest absolute Gasteiger partial charge is 0.487 e. The summed E-state index contributed by atoms with van der Waals surface area (Å²) < 4.78 is 5.84. The van der Waals surface area contributed by atoms with Gasteiger partial charge in [-0.3, -0.25) is 4.79 Å². The number of nitrogens with one attached hydrogen (secondary N) is 1. The summed E-state index contributed by atoms with van der Waals surface area (Å²) in [5.41, 5.74) is 0. The topological polar surface area (TPSA) is 70.6 Å². The molecule has 3 rings (SSSR count). The van der Waals surface area contributed by atoms with Gasteiger partial charge in [-0.05, 0) is 19.1 Å². The fourth-order valence-electron chi connectivity index (χ4n) is 2.62. The number of carbonyl (C=O) groups excluding carboxylic acids is 1. The Morgan fingerprint density at radius 3 is 2.88 bits per heavy atom. The Hall–Kier alpha value is -2.54. The molecule has 8 heteroatoms. The molecule has 0 aliphatic carbocycles. The third kappa shape index (κ3) is 4.54. The highest BCUT2D eigenvalue weighted by atomic mass is 35.5. The van der Waals surface area contributed by atoms with Gasteiger partial charge in [-0.2, -0.15) is 0 Å². The fourth-order valence-corrected chi connectivity index (χ4v) is 2.80. The maximum Gasteiger partial charge on any atom is 0.241 e. The van der Waals surface area contributed by atoms with Crippen LogP contribution in [0.1, 0.15) is 6.92 Å². The molecule has 1 amide bonds. The molecule has 1 N–H and O–H groups in total. The van der Waals surface area contributed by atoms with Gasteiger partial charge in [0.1, 0.15) is 29.8 Å². The first-order valence-corrected chi connectivity index (χ1v) is 8.87. The summed E-state index contributed by atoms with van der Waals surface area (Å²) in [6.07, 6.45) is 1.40. The minimum Gasteiger partial charge on any atom is -0.487 e. The van der Waals surface area contributed by atoms with Crippen LogP contribution in [0.25, 0.3) is 0 Å². The van der Waals surface area contributed by atoms with Gasteiger partial charge in [-0.15, -0.1) is 0 Å². The van der Waals surface area contributed by atoms with Crippen molar-refractivity contribution >= 4 is 29.1 Å². The van der Waals surface area contributed by atoms with Gasteiger partial charge >= 0.3 is 0 Å². The number of anilines is 2. The summed E-state index contributed by atoms with van der Waals surface area (Å²) in [7, 11) is 1.81. The van der Waals surface area contributed by atoms with Crippen LogP contribution in [0.2, 0.25) is 5.02 Å². The number of hydrogen-bond acceptors (Lipinski definition) is 6. The lowest BCUT2D eigenvalue weighted by atomic mass is 10.3. The number of ether oxygens (including phenoxy) is 1. The predicted octanol–water partition coefficient (Wildman–Crippen LogP) is 2.29. The summed E-state index contributed by atoms with van der Waals surface area (Å²) in [6.45, 7) is 4.29. The first-order valence-electron chi connectivity index (χ1n) is 8.49. The van der Waals surface area contributed by atoms with Gasteiger partial charge in [0, 0.05) is 26.2 Å². The molecule has 1 aromatic carbocycles. The van der Waals surface area contributed by atoms with Gasteiger partial charge in [0.05, 0.1) is 18.1 Å². The smallest absolute Gasteiger partial charge is 0.241 e. The Balaban J connectivity index is 1.57. The van der Waals surface area contributed by atoms with Crippen LogP contribution in [-0.2, 0) is 4.79 Å². The number of halogens is 1. The van der Waals surface area contributed by atoms with Crippen LogP contribution in [0.3, 0.4) is 0 Å². The van der Waals surface area contributed by atoms with E-state index in [0.29, 0.717) is 36.2 Å². The van der Waals surface area contributed by atoms with Crippen molar-refractivity contribution in [3.05, 3.63) is 41.7 Å². The highest BCUT2D eigenvalue weighted by molar-refractivity contribution is 6.32. The maximum absolute atomic E-state index is 11.9. The zero-order valence-electron chi connectivity index (χ0n) is 14.9. The number of carbonyl (C=O) groups is 1. The highest BCUT2D eigenvalue weighted by Crippen LogP contribution is 2.24. The van der Waals surface area contributed by atoms with Gasteiger partial charge in [0.15, 0.2) is 0 Å². The van der Waals surface area contributed by atoms with Crippen molar-refractivity contribution in [1.29, 1.82) is 0 Å². The average molecular weight is 376 g/mol. The maximum atomic E-state index is 11.9. The average Bonchev–Trinajstić information content (AvgIpc) is 2.64. The van der Waals surface area contributed by atoms with Gasteiger partial charge in [0.2, 0.25) is 5.91 Å². The summed E-state index contributed by atoms with van der Waals surface area (Å²) in [5.74, 6) is 2.17. The third-order valence-corrected chi connectivity index (χ3v) is 4.48. The Labute approximate surface area is 157 Å². The fraction of sp³-hybridized carbons (Fsp3) is 0.389. The van der Waals surface area contributed by atoms with Crippen LogP contribution >= 0.6 is 11.6 Å². The van der Waals surface area contributed by atoms with E-state index in [-0.39, 0.29) is 12.0 Å². The van der Waals surface area contributed by atoms with Crippen LogP contribution in [0, 0.1) is 0 Å². The van der Waals surface area contributed by atoms with Crippen molar-refractivity contribution in [3.63, 3.8) is 0 Å². The Morgan fingerprint density at radius 2 is 2.12 bits per heavy atom. The number of nitrogens with zero attached hydrogens (tertiary/aromatic N) is 4. The Bertz CT molecular complexity index is 773. The molecule has 1 atom stereocenters. The molecule has 0 bridgehead atoms. The predicted molar refractivity (Wildman–Crippen MR) is 102 cm³/mol. The number of aromatic nitrogens is 2. The Kier molecular flexibility index (Phi) is 5.78. The second-order valence-corrected chi connectivity index (χ2v) is 6.65. The molecule has 1 fully saturated rings. The van der Waals surface area contributed by atoms with Crippen molar-refractivity contribution in [3.8, 4) is 5.75 Å². The highest BCUT2D eigenvalue weighted by Gasteiger charge is 2.22. The first-order chi connectivity index (χ1) is 12.5. The molecular weight excluding hydrogens is 354 g/mol. The monoisotopic (exact) mass is 375 g/mol. The molecule has 2 heterocycles. The van der Waals surface area contributed by atoms with E-state index in [1.54, 1.807) is 11.0 Å². The quantitative estimate of drug-likeness (QED) is 0.835. The van der Waals surface area contributed by atoms with E-state index >= 15 is 0 Å². The molecule has 1 aromatic heterocycles. The lowest BCUT2D eigenvalue weighted by Crippen LogP contribution is -2.48. The normalized spacial score (nSPS) is 15.7. The number of amides is 1. The van der Waals surface area contributed by atoms with E-state index in [4.69, 9.17) is 16.3 Å². The van der Waals surface area contributed by atoms with E-state index in [9.17, 15) is 4.79 Å². The summed E-state index contributed by atoms with van der Waals surface area (Å²) in [4.78, 5) is 24.1. The second-order valence-electron chi connectivity index (χ2n) is 6.24. The van der Waals surface area contributed by atoms with Crippen molar-refractivity contribution in [1.82, 2.24) is 14.9 Å². The molecule has 0 spiro atoms.